The van der Waals surface area contributed by atoms with E-state index in [-0.39, 0.29) is 17.9 Å². The minimum atomic E-state index is -0.191. The second-order valence-electron chi connectivity index (χ2n) is 8.08. The molecule has 7 heteroatoms. The summed E-state index contributed by atoms with van der Waals surface area (Å²) in [5, 5.41) is 3.18. The van der Waals surface area contributed by atoms with Crippen LogP contribution in [0.15, 0.2) is 42.5 Å². The van der Waals surface area contributed by atoms with Crippen LogP contribution in [0.2, 0.25) is 0 Å². The summed E-state index contributed by atoms with van der Waals surface area (Å²) < 4.78 is 12.9. The first-order valence-corrected chi connectivity index (χ1v) is 10.7. The number of anilines is 1. The van der Waals surface area contributed by atoms with Crippen LogP contribution < -0.4 is 19.7 Å². The van der Waals surface area contributed by atoms with Crippen molar-refractivity contribution >= 4 is 22.9 Å². The lowest BCUT2D eigenvalue weighted by atomic mass is 9.96. The van der Waals surface area contributed by atoms with E-state index in [1.54, 1.807) is 14.2 Å². The molecule has 2 aromatic carbocycles. The maximum atomic E-state index is 13.1. The van der Waals surface area contributed by atoms with E-state index in [1.807, 2.05) is 50.4 Å². The van der Waals surface area contributed by atoms with Gasteiger partial charge in [0.25, 0.3) is 0 Å². The Morgan fingerprint density at radius 3 is 2.74 bits per heavy atom. The number of piperidine rings is 1. The molecule has 1 amide bonds. The van der Waals surface area contributed by atoms with Gasteiger partial charge in [-0.25, -0.2) is 4.98 Å². The maximum absolute atomic E-state index is 13.1. The molecule has 0 spiro atoms. The Balaban J connectivity index is 1.48. The Hall–Kier alpha value is -3.22. The zero-order valence-electron chi connectivity index (χ0n) is 18.6. The molecule has 0 saturated carbocycles. The fourth-order valence-electron chi connectivity index (χ4n) is 4.38. The molecule has 1 fully saturated rings. The number of rotatable bonds is 6. The predicted molar refractivity (Wildman–Crippen MR) is 122 cm³/mol. The Morgan fingerprint density at radius 1 is 1.19 bits per heavy atom. The van der Waals surface area contributed by atoms with Crippen LogP contribution in [-0.2, 0) is 11.8 Å². The van der Waals surface area contributed by atoms with E-state index in [0.717, 1.165) is 53.4 Å². The number of aryl methyl sites for hydroxylation is 1. The van der Waals surface area contributed by atoms with Crippen LogP contribution in [0.1, 0.15) is 31.4 Å². The summed E-state index contributed by atoms with van der Waals surface area (Å²) in [6, 6.07) is 13.6. The highest BCUT2D eigenvalue weighted by Crippen LogP contribution is 2.30. The molecule has 1 aliphatic rings. The number of hydrogen-bond acceptors (Lipinski definition) is 5. The topological polar surface area (TPSA) is 68.6 Å². The summed E-state index contributed by atoms with van der Waals surface area (Å²) in [6.07, 6.45) is 1.83. The molecule has 2 heterocycles. The smallest absolute Gasteiger partial charge is 0.225 e. The monoisotopic (exact) mass is 422 g/mol. The third-order valence-corrected chi connectivity index (χ3v) is 6.10. The number of para-hydroxylation sites is 2. The number of fused-ring (bicyclic) bond motifs is 1. The highest BCUT2D eigenvalue weighted by molar-refractivity contribution is 5.81. The van der Waals surface area contributed by atoms with E-state index in [4.69, 9.17) is 14.5 Å². The molecule has 4 rings (SSSR count). The van der Waals surface area contributed by atoms with Gasteiger partial charge in [-0.2, -0.15) is 0 Å². The highest BCUT2D eigenvalue weighted by Gasteiger charge is 2.29. The zero-order chi connectivity index (χ0) is 22.0. The summed E-state index contributed by atoms with van der Waals surface area (Å²) in [5.74, 6) is 2.36. The number of ether oxygens (including phenoxy) is 2. The van der Waals surface area contributed by atoms with Crippen LogP contribution in [0.3, 0.4) is 0 Å². The minimum Gasteiger partial charge on any atom is -0.497 e. The summed E-state index contributed by atoms with van der Waals surface area (Å²) in [4.78, 5) is 20.2. The standard InChI is InChI=1S/C24H30N4O3/c1-16(19-14-18(30-3)11-12-22(19)31-4)25-23(29)17-8-7-13-28(15-17)24-26-20-9-5-6-10-21(20)27(24)2/h5-6,9-12,14,16-17H,7-8,13,15H2,1-4H3,(H,25,29). The number of carbonyl (C=O) groups is 1. The largest absolute Gasteiger partial charge is 0.497 e. The molecule has 2 unspecified atom stereocenters. The van der Waals surface area contributed by atoms with Crippen molar-refractivity contribution in [1.29, 1.82) is 0 Å². The van der Waals surface area contributed by atoms with Crippen molar-refractivity contribution in [3.8, 4) is 11.5 Å². The van der Waals surface area contributed by atoms with Crippen LogP contribution in [0, 0.1) is 5.92 Å². The second kappa shape index (κ2) is 8.88. The van der Waals surface area contributed by atoms with Gasteiger partial charge in [-0.3, -0.25) is 4.79 Å². The number of carbonyl (C=O) groups excluding carboxylic acids is 1. The van der Waals surface area contributed by atoms with Gasteiger partial charge in [0, 0.05) is 25.7 Å². The van der Waals surface area contributed by atoms with Crippen molar-refractivity contribution in [2.75, 3.05) is 32.2 Å². The van der Waals surface area contributed by atoms with E-state index in [2.05, 4.69) is 20.9 Å². The molecule has 0 aliphatic carbocycles. The maximum Gasteiger partial charge on any atom is 0.225 e. The van der Waals surface area contributed by atoms with E-state index in [9.17, 15) is 4.79 Å². The molecule has 1 aromatic heterocycles. The van der Waals surface area contributed by atoms with Crippen LogP contribution in [0.5, 0.6) is 11.5 Å². The van der Waals surface area contributed by atoms with Crippen LogP contribution in [0.4, 0.5) is 5.95 Å². The average molecular weight is 423 g/mol. The zero-order valence-corrected chi connectivity index (χ0v) is 18.6. The molecule has 2 atom stereocenters. The minimum absolute atomic E-state index is 0.0563. The van der Waals surface area contributed by atoms with Gasteiger partial charge in [0.2, 0.25) is 11.9 Å². The second-order valence-corrected chi connectivity index (χ2v) is 8.08. The summed E-state index contributed by atoms with van der Waals surface area (Å²) in [5.41, 5.74) is 2.98. The van der Waals surface area contributed by atoms with Gasteiger partial charge >= 0.3 is 0 Å². The quantitative estimate of drug-likeness (QED) is 0.656. The highest BCUT2D eigenvalue weighted by atomic mass is 16.5. The van der Waals surface area contributed by atoms with Crippen LogP contribution in [-0.4, -0.2) is 42.8 Å². The molecule has 1 aliphatic heterocycles. The van der Waals surface area contributed by atoms with Crippen LogP contribution >= 0.6 is 0 Å². The van der Waals surface area contributed by atoms with Gasteiger partial charge in [0.1, 0.15) is 11.5 Å². The van der Waals surface area contributed by atoms with Crippen molar-refractivity contribution in [3.05, 3.63) is 48.0 Å². The molecular formula is C24H30N4O3. The third-order valence-electron chi connectivity index (χ3n) is 6.10. The van der Waals surface area contributed by atoms with E-state index in [0.29, 0.717) is 6.54 Å². The molecule has 31 heavy (non-hydrogen) atoms. The van der Waals surface area contributed by atoms with Crippen molar-refractivity contribution in [3.63, 3.8) is 0 Å². The summed E-state index contributed by atoms with van der Waals surface area (Å²) in [7, 11) is 5.30. The lowest BCUT2D eigenvalue weighted by Crippen LogP contribution is -2.44. The Labute approximate surface area is 183 Å². The predicted octanol–water partition coefficient (Wildman–Crippen LogP) is 3.68. The van der Waals surface area contributed by atoms with E-state index < -0.39 is 0 Å². The first-order valence-electron chi connectivity index (χ1n) is 10.7. The number of methoxy groups -OCH3 is 2. The lowest BCUT2D eigenvalue weighted by Gasteiger charge is -2.33. The summed E-state index contributed by atoms with van der Waals surface area (Å²) >= 11 is 0. The van der Waals surface area contributed by atoms with Gasteiger partial charge in [-0.05, 0) is 50.1 Å². The average Bonchev–Trinajstić information content (AvgIpc) is 3.15. The number of nitrogens with zero attached hydrogens (tertiary/aromatic N) is 3. The molecule has 1 N–H and O–H groups in total. The summed E-state index contributed by atoms with van der Waals surface area (Å²) in [6.45, 7) is 3.53. The Morgan fingerprint density at radius 2 is 2.00 bits per heavy atom. The van der Waals surface area contributed by atoms with Gasteiger partial charge in [-0.1, -0.05) is 12.1 Å². The van der Waals surface area contributed by atoms with Gasteiger partial charge in [0.15, 0.2) is 0 Å². The van der Waals surface area contributed by atoms with Crippen molar-refractivity contribution in [2.45, 2.75) is 25.8 Å². The van der Waals surface area contributed by atoms with E-state index in [1.165, 1.54) is 0 Å². The molecule has 3 aromatic rings. The fraction of sp³-hybridized carbons (Fsp3) is 0.417. The number of hydrogen-bond donors (Lipinski definition) is 1. The number of amides is 1. The van der Waals surface area contributed by atoms with Gasteiger partial charge in [0.05, 0.1) is 37.2 Å². The van der Waals surface area contributed by atoms with Crippen LogP contribution in [0.25, 0.3) is 11.0 Å². The van der Waals surface area contributed by atoms with Gasteiger partial charge in [-0.15, -0.1) is 0 Å². The van der Waals surface area contributed by atoms with Crippen molar-refractivity contribution in [2.24, 2.45) is 13.0 Å². The number of nitrogens with one attached hydrogen (secondary N) is 1. The molecule has 0 radical (unpaired) electrons. The van der Waals surface area contributed by atoms with Gasteiger partial charge < -0.3 is 24.3 Å². The number of imidazole rings is 1. The number of benzene rings is 2. The Kier molecular flexibility index (Phi) is 6.02. The van der Waals surface area contributed by atoms with E-state index >= 15 is 0 Å². The lowest BCUT2D eigenvalue weighted by molar-refractivity contribution is -0.125. The molecule has 0 bridgehead atoms. The first kappa shape index (κ1) is 21.0. The normalized spacial score (nSPS) is 17.4. The fourth-order valence-corrected chi connectivity index (χ4v) is 4.38. The SMILES string of the molecule is COc1ccc(OC)c(C(C)NC(=O)C2CCCN(c3nc4ccccc4n3C)C2)c1. The molecule has 1 saturated heterocycles. The molecule has 7 nitrogen and oxygen atoms in total. The van der Waals surface area contributed by atoms with Crippen molar-refractivity contribution < 1.29 is 14.3 Å². The molecule has 164 valence electrons. The Bertz CT molecular complexity index is 1080. The molecular weight excluding hydrogens is 392 g/mol. The first-order chi connectivity index (χ1) is 15.0. The van der Waals surface area contributed by atoms with Crippen molar-refractivity contribution in [1.82, 2.24) is 14.9 Å². The third kappa shape index (κ3) is 4.17. The number of aromatic nitrogens is 2.